The third-order valence-corrected chi connectivity index (χ3v) is 2.41. The van der Waals surface area contributed by atoms with Crippen LogP contribution in [0.25, 0.3) is 0 Å². The second-order valence-corrected chi connectivity index (χ2v) is 4.73. The summed E-state index contributed by atoms with van der Waals surface area (Å²) in [5.74, 6) is -1.56. The zero-order valence-corrected chi connectivity index (χ0v) is 10.4. The summed E-state index contributed by atoms with van der Waals surface area (Å²) in [6.07, 6.45) is 0.0698. The molecule has 0 fully saturated rings. The highest BCUT2D eigenvalue weighted by Crippen LogP contribution is 2.27. The van der Waals surface area contributed by atoms with Gasteiger partial charge in [-0.2, -0.15) is 0 Å². The van der Waals surface area contributed by atoms with Crippen LogP contribution >= 0.6 is 0 Å². The third-order valence-electron chi connectivity index (χ3n) is 2.41. The van der Waals surface area contributed by atoms with Gasteiger partial charge in [-0.05, 0) is 26.0 Å². The number of amides is 1. The third kappa shape index (κ3) is 3.38. The van der Waals surface area contributed by atoms with Gasteiger partial charge in [0.15, 0.2) is 0 Å². The molecule has 0 aliphatic carbocycles. The second kappa shape index (κ2) is 4.95. The summed E-state index contributed by atoms with van der Waals surface area (Å²) >= 11 is 0. The van der Waals surface area contributed by atoms with Crippen LogP contribution < -0.4 is 16.8 Å². The van der Waals surface area contributed by atoms with Crippen molar-refractivity contribution < 1.29 is 14.7 Å². The highest BCUT2D eigenvalue weighted by molar-refractivity contribution is 5.97. The van der Waals surface area contributed by atoms with Crippen molar-refractivity contribution in [1.82, 2.24) is 0 Å². The first-order valence-electron chi connectivity index (χ1n) is 5.41. The van der Waals surface area contributed by atoms with E-state index in [1.165, 1.54) is 6.07 Å². The molecular weight excluding hydrogens is 234 g/mol. The fraction of sp³-hybridized carbons (Fsp3) is 0.333. The van der Waals surface area contributed by atoms with Crippen LogP contribution in [-0.4, -0.2) is 22.5 Å². The van der Waals surface area contributed by atoms with Gasteiger partial charge in [0.25, 0.3) is 0 Å². The van der Waals surface area contributed by atoms with Crippen LogP contribution in [0.2, 0.25) is 0 Å². The molecule has 0 spiro atoms. The van der Waals surface area contributed by atoms with Crippen molar-refractivity contribution in [2.45, 2.75) is 25.8 Å². The summed E-state index contributed by atoms with van der Waals surface area (Å²) < 4.78 is 0. The molecule has 1 amide bonds. The van der Waals surface area contributed by atoms with E-state index < -0.39 is 17.4 Å². The number of para-hydroxylation sites is 1. The summed E-state index contributed by atoms with van der Waals surface area (Å²) in [5.41, 5.74) is 10.9. The lowest BCUT2D eigenvalue weighted by Gasteiger charge is -2.27. The van der Waals surface area contributed by atoms with Crippen molar-refractivity contribution in [1.29, 1.82) is 0 Å². The minimum Gasteiger partial charge on any atom is -0.478 e. The first-order chi connectivity index (χ1) is 8.23. The van der Waals surface area contributed by atoms with Crippen molar-refractivity contribution in [2.24, 2.45) is 5.73 Å². The fourth-order valence-corrected chi connectivity index (χ4v) is 1.71. The van der Waals surface area contributed by atoms with Crippen LogP contribution in [0.15, 0.2) is 18.2 Å². The van der Waals surface area contributed by atoms with Gasteiger partial charge in [-0.25, -0.2) is 4.79 Å². The molecule has 1 rings (SSSR count). The molecule has 0 aliphatic heterocycles. The Hall–Kier alpha value is -2.24. The molecule has 0 unspecified atom stereocenters. The molecule has 6 heteroatoms. The van der Waals surface area contributed by atoms with E-state index in [-0.39, 0.29) is 12.0 Å². The van der Waals surface area contributed by atoms with Gasteiger partial charge in [-0.3, -0.25) is 4.79 Å². The van der Waals surface area contributed by atoms with Crippen molar-refractivity contribution >= 4 is 23.3 Å². The molecular formula is C12H17N3O3. The molecule has 1 aromatic rings. The average Bonchev–Trinajstić information content (AvgIpc) is 2.18. The Balaban J connectivity index is 3.10. The van der Waals surface area contributed by atoms with Crippen molar-refractivity contribution in [3.63, 3.8) is 0 Å². The molecule has 18 heavy (non-hydrogen) atoms. The van der Waals surface area contributed by atoms with Gasteiger partial charge in [0.05, 0.1) is 16.9 Å². The zero-order valence-electron chi connectivity index (χ0n) is 10.4. The van der Waals surface area contributed by atoms with Gasteiger partial charge in [0.1, 0.15) is 0 Å². The lowest BCUT2D eigenvalue weighted by Crippen LogP contribution is -2.36. The Morgan fingerprint density at radius 1 is 1.39 bits per heavy atom. The number of aromatic carboxylic acids is 1. The lowest BCUT2D eigenvalue weighted by molar-refractivity contribution is -0.118. The summed E-state index contributed by atoms with van der Waals surface area (Å²) in [7, 11) is 0. The van der Waals surface area contributed by atoms with Crippen LogP contribution in [0.5, 0.6) is 0 Å². The lowest BCUT2D eigenvalue weighted by atomic mass is 9.98. The van der Waals surface area contributed by atoms with Crippen LogP contribution in [0.3, 0.4) is 0 Å². The van der Waals surface area contributed by atoms with Crippen LogP contribution in [0.1, 0.15) is 30.6 Å². The first kappa shape index (κ1) is 13.8. The summed E-state index contributed by atoms with van der Waals surface area (Å²) in [5, 5.41) is 12.0. The van der Waals surface area contributed by atoms with E-state index in [0.717, 1.165) is 0 Å². The predicted molar refractivity (Wildman–Crippen MR) is 69.3 cm³/mol. The monoisotopic (exact) mass is 251 g/mol. The molecule has 0 bridgehead atoms. The van der Waals surface area contributed by atoms with Crippen LogP contribution in [-0.2, 0) is 4.79 Å². The second-order valence-electron chi connectivity index (χ2n) is 4.73. The minimum atomic E-state index is -1.08. The molecule has 98 valence electrons. The number of nitrogens with two attached hydrogens (primary N) is 2. The zero-order chi connectivity index (χ0) is 13.9. The van der Waals surface area contributed by atoms with E-state index in [1.54, 1.807) is 26.0 Å². The van der Waals surface area contributed by atoms with Gasteiger partial charge in [-0.15, -0.1) is 0 Å². The molecule has 0 saturated heterocycles. The topological polar surface area (TPSA) is 118 Å². The Morgan fingerprint density at radius 2 is 2.00 bits per heavy atom. The van der Waals surface area contributed by atoms with E-state index in [9.17, 15) is 9.59 Å². The number of nitrogens with one attached hydrogen (secondary N) is 1. The highest BCUT2D eigenvalue weighted by atomic mass is 16.4. The number of carbonyl (C=O) groups is 2. The molecule has 0 atom stereocenters. The van der Waals surface area contributed by atoms with Crippen molar-refractivity contribution in [2.75, 3.05) is 11.1 Å². The fourth-order valence-electron chi connectivity index (χ4n) is 1.71. The summed E-state index contributed by atoms with van der Waals surface area (Å²) in [4.78, 5) is 22.0. The molecule has 1 aromatic carbocycles. The quantitative estimate of drug-likeness (QED) is 0.583. The highest BCUT2D eigenvalue weighted by Gasteiger charge is 2.24. The van der Waals surface area contributed by atoms with Gasteiger partial charge in [-0.1, -0.05) is 6.07 Å². The molecule has 0 heterocycles. The van der Waals surface area contributed by atoms with Crippen LogP contribution in [0, 0.1) is 0 Å². The number of anilines is 2. The van der Waals surface area contributed by atoms with Gasteiger partial charge < -0.3 is 21.9 Å². The van der Waals surface area contributed by atoms with Gasteiger partial charge in [0.2, 0.25) is 5.91 Å². The molecule has 0 radical (unpaired) electrons. The Labute approximate surface area is 105 Å². The van der Waals surface area contributed by atoms with Crippen molar-refractivity contribution in [3.8, 4) is 0 Å². The van der Waals surface area contributed by atoms with E-state index >= 15 is 0 Å². The van der Waals surface area contributed by atoms with Crippen molar-refractivity contribution in [3.05, 3.63) is 23.8 Å². The predicted octanol–water partition coefficient (Wildman–Crippen LogP) is 1.03. The Bertz CT molecular complexity index is 483. The Kier molecular flexibility index (Phi) is 3.80. The SMILES string of the molecule is CC(C)(CC(N)=O)Nc1c(N)cccc1C(=O)O. The molecule has 0 aliphatic rings. The summed E-state index contributed by atoms with van der Waals surface area (Å²) in [6.45, 7) is 3.49. The molecule has 0 aromatic heterocycles. The number of carboxylic acid groups (broad SMARTS) is 1. The maximum Gasteiger partial charge on any atom is 0.337 e. The van der Waals surface area contributed by atoms with Gasteiger partial charge in [0, 0.05) is 12.0 Å². The number of nitrogen functional groups attached to an aromatic ring is 1. The average molecular weight is 251 g/mol. The number of hydrogen-bond donors (Lipinski definition) is 4. The van der Waals surface area contributed by atoms with Gasteiger partial charge >= 0.3 is 5.97 Å². The maximum absolute atomic E-state index is 11.1. The maximum atomic E-state index is 11.1. The number of hydrogen-bond acceptors (Lipinski definition) is 4. The number of carbonyl (C=O) groups excluding carboxylic acids is 1. The van der Waals surface area contributed by atoms with Crippen LogP contribution in [0.4, 0.5) is 11.4 Å². The normalized spacial score (nSPS) is 11.0. The number of benzene rings is 1. The number of carboxylic acids is 1. The van der Waals surface area contributed by atoms with E-state index in [0.29, 0.717) is 11.4 Å². The molecule has 6 nitrogen and oxygen atoms in total. The molecule has 0 saturated carbocycles. The largest absolute Gasteiger partial charge is 0.478 e. The smallest absolute Gasteiger partial charge is 0.337 e. The number of primary amides is 1. The first-order valence-corrected chi connectivity index (χ1v) is 5.41. The molecule has 6 N–H and O–H groups in total. The van der Waals surface area contributed by atoms with E-state index in [4.69, 9.17) is 16.6 Å². The standard InChI is InChI=1S/C12H17N3O3/c1-12(2,6-9(14)16)15-10-7(11(17)18)4-3-5-8(10)13/h3-5,15H,6,13H2,1-2H3,(H2,14,16)(H,17,18). The summed E-state index contributed by atoms with van der Waals surface area (Å²) in [6, 6.07) is 4.60. The van der Waals surface area contributed by atoms with E-state index in [1.807, 2.05) is 0 Å². The van der Waals surface area contributed by atoms with E-state index in [2.05, 4.69) is 5.32 Å². The minimum absolute atomic E-state index is 0.0625. The number of rotatable bonds is 5. The Morgan fingerprint density at radius 3 is 2.50 bits per heavy atom.